The van der Waals surface area contributed by atoms with E-state index in [9.17, 15) is 27.9 Å². The molecule has 37 heavy (non-hydrogen) atoms. The van der Waals surface area contributed by atoms with Gasteiger partial charge in [-0.25, -0.2) is 14.8 Å². The molecule has 0 saturated carbocycles. The lowest BCUT2D eigenvalue weighted by atomic mass is 10.0. The molecule has 15 heteroatoms. The SMILES string of the molecule is C[C@@H](NC(=O)c1ncc2c(n1)N(C(=O)Nc1cccc(OC[C@H](O)CO)n1)[C@H]1CCCN2C1)C(F)(F)F. The van der Waals surface area contributed by atoms with Crippen LogP contribution in [0.25, 0.3) is 0 Å². The average molecular weight is 525 g/mol. The van der Waals surface area contributed by atoms with E-state index in [0.29, 0.717) is 25.2 Å². The Balaban J connectivity index is 1.57. The highest BCUT2D eigenvalue weighted by Crippen LogP contribution is 2.37. The number of nitrogens with one attached hydrogen (secondary N) is 2. The number of carbonyl (C=O) groups excluding carboxylic acids is 2. The Kier molecular flexibility index (Phi) is 7.63. The van der Waals surface area contributed by atoms with E-state index in [1.165, 1.54) is 23.2 Å². The van der Waals surface area contributed by atoms with Gasteiger partial charge in [-0.15, -0.1) is 0 Å². The van der Waals surface area contributed by atoms with Crippen LogP contribution >= 0.6 is 0 Å². The summed E-state index contributed by atoms with van der Waals surface area (Å²) in [6.07, 6.45) is -2.97. The highest BCUT2D eigenvalue weighted by molar-refractivity contribution is 6.04. The molecule has 0 unspecified atom stereocenters. The number of halogens is 3. The van der Waals surface area contributed by atoms with Gasteiger partial charge < -0.3 is 25.2 Å². The summed E-state index contributed by atoms with van der Waals surface area (Å²) in [6.45, 7) is 1.30. The van der Waals surface area contributed by atoms with E-state index in [1.807, 2.05) is 10.2 Å². The average Bonchev–Trinajstić information content (AvgIpc) is 2.86. The van der Waals surface area contributed by atoms with Crippen LogP contribution in [0.1, 0.15) is 30.4 Å². The highest BCUT2D eigenvalue weighted by Gasteiger charge is 2.40. The van der Waals surface area contributed by atoms with E-state index in [0.717, 1.165) is 13.3 Å². The first kappa shape index (κ1) is 26.3. The van der Waals surface area contributed by atoms with Crippen LogP contribution in [0.2, 0.25) is 0 Å². The number of aromatic nitrogens is 3. The normalized spacial score (nSPS) is 18.5. The second-order valence-electron chi connectivity index (χ2n) is 8.69. The zero-order chi connectivity index (χ0) is 26.7. The number of carbonyl (C=O) groups is 2. The summed E-state index contributed by atoms with van der Waals surface area (Å²) < 4.78 is 44.0. The third kappa shape index (κ3) is 5.99. The lowest BCUT2D eigenvalue weighted by Crippen LogP contribution is -2.56. The lowest BCUT2D eigenvalue weighted by molar-refractivity contribution is -0.149. The molecule has 3 amide bonds. The van der Waals surface area contributed by atoms with Gasteiger partial charge in [0.1, 0.15) is 24.6 Å². The van der Waals surface area contributed by atoms with E-state index in [4.69, 9.17) is 9.84 Å². The van der Waals surface area contributed by atoms with Crippen molar-refractivity contribution in [1.29, 1.82) is 0 Å². The Bertz CT molecular complexity index is 1150. The zero-order valence-electron chi connectivity index (χ0n) is 19.8. The van der Waals surface area contributed by atoms with Crippen molar-refractivity contribution in [3.8, 4) is 5.88 Å². The Hall–Kier alpha value is -3.72. The minimum absolute atomic E-state index is 0.103. The van der Waals surface area contributed by atoms with Crippen LogP contribution in [-0.4, -0.2) is 87.8 Å². The molecule has 2 aromatic heterocycles. The number of aliphatic hydroxyl groups is 2. The summed E-state index contributed by atoms with van der Waals surface area (Å²) in [5, 5.41) is 22.8. The quantitative estimate of drug-likeness (QED) is 0.419. The molecule has 3 atom stereocenters. The van der Waals surface area contributed by atoms with Crippen molar-refractivity contribution in [3.63, 3.8) is 0 Å². The van der Waals surface area contributed by atoms with E-state index in [-0.39, 0.29) is 30.2 Å². The van der Waals surface area contributed by atoms with Gasteiger partial charge in [0, 0.05) is 19.2 Å². The van der Waals surface area contributed by atoms with Gasteiger partial charge in [-0.2, -0.15) is 18.2 Å². The number of pyridine rings is 1. The Morgan fingerprint density at radius 2 is 2.08 bits per heavy atom. The predicted molar refractivity (Wildman–Crippen MR) is 125 cm³/mol. The van der Waals surface area contributed by atoms with Crippen LogP contribution in [0.4, 0.5) is 35.3 Å². The number of ether oxygens (including phenoxy) is 1. The molecule has 2 aliphatic rings. The van der Waals surface area contributed by atoms with E-state index < -0.39 is 42.7 Å². The molecule has 200 valence electrons. The number of alkyl halides is 3. The van der Waals surface area contributed by atoms with Crippen LogP contribution in [0, 0.1) is 0 Å². The highest BCUT2D eigenvalue weighted by atomic mass is 19.4. The maximum atomic E-state index is 13.4. The maximum Gasteiger partial charge on any atom is 0.408 e. The molecular weight excluding hydrogens is 499 g/mol. The molecule has 1 saturated heterocycles. The molecule has 4 N–H and O–H groups in total. The summed E-state index contributed by atoms with van der Waals surface area (Å²) in [5.74, 6) is -1.27. The van der Waals surface area contributed by atoms with Crippen LogP contribution in [0.15, 0.2) is 24.4 Å². The molecule has 0 aliphatic carbocycles. The number of urea groups is 1. The third-order valence-corrected chi connectivity index (χ3v) is 5.93. The number of piperidine rings is 1. The fourth-order valence-corrected chi connectivity index (χ4v) is 4.01. The summed E-state index contributed by atoms with van der Waals surface area (Å²) in [4.78, 5) is 41.4. The molecular formula is C22H26F3N7O5. The molecule has 2 bridgehead atoms. The zero-order valence-corrected chi connectivity index (χ0v) is 19.8. The molecule has 0 radical (unpaired) electrons. The number of rotatable bonds is 7. The van der Waals surface area contributed by atoms with Crippen molar-refractivity contribution < 1.29 is 37.7 Å². The largest absolute Gasteiger partial charge is 0.475 e. The number of hydrogen-bond acceptors (Lipinski definition) is 9. The van der Waals surface area contributed by atoms with Gasteiger partial charge in [-0.05, 0) is 25.8 Å². The molecule has 0 aromatic carbocycles. The number of aliphatic hydroxyl groups excluding tert-OH is 2. The summed E-state index contributed by atoms with van der Waals surface area (Å²) in [5.41, 5.74) is 0.481. The number of amides is 3. The van der Waals surface area contributed by atoms with Gasteiger partial charge in [0.2, 0.25) is 11.7 Å². The van der Waals surface area contributed by atoms with Gasteiger partial charge in [0.05, 0.1) is 24.5 Å². The minimum Gasteiger partial charge on any atom is -0.475 e. The smallest absolute Gasteiger partial charge is 0.408 e. The van der Waals surface area contributed by atoms with Gasteiger partial charge in [-0.1, -0.05) is 6.07 Å². The number of anilines is 3. The van der Waals surface area contributed by atoms with E-state index in [1.54, 1.807) is 6.07 Å². The van der Waals surface area contributed by atoms with Crippen LogP contribution in [0.3, 0.4) is 0 Å². The minimum atomic E-state index is -4.64. The Morgan fingerprint density at radius 3 is 2.81 bits per heavy atom. The number of fused-ring (bicyclic) bond motifs is 4. The topological polar surface area (TPSA) is 153 Å². The monoisotopic (exact) mass is 525 g/mol. The first-order valence-corrected chi connectivity index (χ1v) is 11.6. The van der Waals surface area contributed by atoms with Crippen molar-refractivity contribution in [1.82, 2.24) is 20.3 Å². The van der Waals surface area contributed by atoms with E-state index in [2.05, 4.69) is 20.3 Å². The Labute approximate surface area is 209 Å². The molecule has 0 spiro atoms. The van der Waals surface area contributed by atoms with Gasteiger partial charge in [-0.3, -0.25) is 15.0 Å². The predicted octanol–water partition coefficient (Wildman–Crippen LogP) is 1.31. The van der Waals surface area contributed by atoms with Gasteiger partial charge in [0.15, 0.2) is 5.82 Å². The van der Waals surface area contributed by atoms with Crippen molar-refractivity contribution in [2.75, 3.05) is 41.4 Å². The molecule has 4 rings (SSSR count). The molecule has 12 nitrogen and oxygen atoms in total. The van der Waals surface area contributed by atoms with Crippen LogP contribution in [0.5, 0.6) is 5.88 Å². The first-order valence-electron chi connectivity index (χ1n) is 11.6. The third-order valence-electron chi connectivity index (χ3n) is 5.93. The number of nitrogens with zero attached hydrogens (tertiary/aromatic N) is 5. The van der Waals surface area contributed by atoms with Gasteiger partial charge >= 0.3 is 12.2 Å². The lowest BCUT2D eigenvalue weighted by Gasteiger charge is -2.45. The molecule has 2 aliphatic heterocycles. The molecule has 1 fully saturated rings. The van der Waals surface area contributed by atoms with Gasteiger partial charge in [0.25, 0.3) is 5.91 Å². The van der Waals surface area contributed by atoms with Crippen molar-refractivity contribution in [3.05, 3.63) is 30.2 Å². The second-order valence-corrected chi connectivity index (χ2v) is 8.69. The molecule has 4 heterocycles. The molecule has 2 aromatic rings. The van der Waals surface area contributed by atoms with Crippen LogP contribution < -0.4 is 25.2 Å². The number of hydrogen-bond donors (Lipinski definition) is 4. The Morgan fingerprint density at radius 1 is 1.30 bits per heavy atom. The maximum absolute atomic E-state index is 13.4. The van der Waals surface area contributed by atoms with Crippen LogP contribution in [-0.2, 0) is 0 Å². The standard InChI is InChI=1S/C22H26F3N7O5/c1-12(22(23,24)25)27-20(35)18-26-8-15-19(30-18)32(13-4-3-7-31(15)9-13)21(36)29-16-5-2-6-17(28-16)37-11-14(34)10-33/h2,5-6,8,12-14,33-34H,3-4,7,9-11H2,1H3,(H,27,35)(H,28,29,36)/t12-,13+,14-/m1/s1. The van der Waals surface area contributed by atoms with Crippen molar-refractivity contribution in [2.45, 2.75) is 44.1 Å². The van der Waals surface area contributed by atoms with E-state index >= 15 is 0 Å². The fraction of sp³-hybridized carbons (Fsp3) is 0.500. The van der Waals surface area contributed by atoms with Crippen molar-refractivity contribution in [2.24, 2.45) is 0 Å². The fourth-order valence-electron chi connectivity index (χ4n) is 4.01. The van der Waals surface area contributed by atoms with Crippen molar-refractivity contribution >= 4 is 29.3 Å². The summed E-state index contributed by atoms with van der Waals surface area (Å²) in [7, 11) is 0. The second kappa shape index (κ2) is 10.7. The first-order chi connectivity index (χ1) is 17.6. The summed E-state index contributed by atoms with van der Waals surface area (Å²) >= 11 is 0. The summed E-state index contributed by atoms with van der Waals surface area (Å²) in [6, 6.07) is 1.57.